The summed E-state index contributed by atoms with van der Waals surface area (Å²) >= 11 is 0. The number of hydrogen-bond donors (Lipinski definition) is 4. The number of hydrogen-bond acceptors (Lipinski definition) is 6. The summed E-state index contributed by atoms with van der Waals surface area (Å²) in [5.41, 5.74) is -5.96. The van der Waals surface area contributed by atoms with Gasteiger partial charge in [0, 0.05) is 0 Å². The Balaban J connectivity index is 0. The second kappa shape index (κ2) is 5.00. The van der Waals surface area contributed by atoms with Gasteiger partial charge in [-0.05, 0) is 0 Å². The van der Waals surface area contributed by atoms with Crippen LogP contribution in [0.1, 0.15) is 0 Å². The summed E-state index contributed by atoms with van der Waals surface area (Å²) < 4.78 is 56.0. The van der Waals surface area contributed by atoms with Gasteiger partial charge in [-0.2, -0.15) is 16.8 Å². The van der Waals surface area contributed by atoms with Crippen molar-refractivity contribution in [3.8, 4) is 0 Å². The van der Waals surface area contributed by atoms with Gasteiger partial charge in [0.1, 0.15) is 0 Å². The monoisotopic (exact) mass is 245 g/mol. The van der Waals surface area contributed by atoms with E-state index in [1.165, 1.54) is 0 Å². The average molecular weight is 245 g/mol. The van der Waals surface area contributed by atoms with Crippen LogP contribution in [0, 0.1) is 0 Å². The SMILES string of the molecule is O=S(=O)(O)C(O)C(O)S(=O)(=O)O.[Na+]. The standard InChI is InChI=1S/C2H6O8S2.Na/c3-1(11(5,6)7)2(4)12(8,9)10;/h1-4H,(H,5,6,7)(H,8,9,10);/q;+1. The molecule has 0 aliphatic heterocycles. The van der Waals surface area contributed by atoms with E-state index in [1.807, 2.05) is 0 Å². The summed E-state index contributed by atoms with van der Waals surface area (Å²) in [5, 5.41) is 16.7. The maximum Gasteiger partial charge on any atom is 1.00 e. The van der Waals surface area contributed by atoms with Crippen molar-refractivity contribution in [3.63, 3.8) is 0 Å². The smallest absolute Gasteiger partial charge is 0.372 e. The molecule has 0 aliphatic carbocycles. The molecule has 0 heterocycles. The van der Waals surface area contributed by atoms with E-state index in [4.69, 9.17) is 19.3 Å². The molecule has 0 bridgehead atoms. The minimum absolute atomic E-state index is 0. The minimum Gasteiger partial charge on any atom is -0.372 e. The van der Waals surface area contributed by atoms with E-state index in [0.29, 0.717) is 0 Å². The summed E-state index contributed by atoms with van der Waals surface area (Å²) in [4.78, 5) is 0. The molecule has 0 aromatic rings. The van der Waals surface area contributed by atoms with E-state index in [9.17, 15) is 16.8 Å². The molecule has 0 radical (unpaired) electrons. The molecule has 2 unspecified atom stereocenters. The van der Waals surface area contributed by atoms with Crippen molar-refractivity contribution in [1.82, 2.24) is 0 Å². The van der Waals surface area contributed by atoms with Gasteiger partial charge in [-0.25, -0.2) is 0 Å². The van der Waals surface area contributed by atoms with E-state index in [2.05, 4.69) is 0 Å². The molecule has 0 aliphatic rings. The molecule has 0 saturated carbocycles. The van der Waals surface area contributed by atoms with E-state index in [0.717, 1.165) is 0 Å². The third-order valence-electron chi connectivity index (χ3n) is 0.854. The molecular weight excluding hydrogens is 239 g/mol. The van der Waals surface area contributed by atoms with Crippen LogP contribution in [0.4, 0.5) is 0 Å². The Labute approximate surface area is 96.4 Å². The first-order valence-corrected chi connectivity index (χ1v) is 5.36. The van der Waals surface area contributed by atoms with Crippen LogP contribution in [0.3, 0.4) is 0 Å². The van der Waals surface area contributed by atoms with Crippen molar-refractivity contribution in [2.75, 3.05) is 0 Å². The van der Waals surface area contributed by atoms with Crippen molar-refractivity contribution in [3.05, 3.63) is 0 Å². The summed E-state index contributed by atoms with van der Waals surface area (Å²) in [6, 6.07) is 0. The Morgan fingerprint density at radius 1 is 0.769 bits per heavy atom. The van der Waals surface area contributed by atoms with Crippen LogP contribution in [0.25, 0.3) is 0 Å². The van der Waals surface area contributed by atoms with Crippen molar-refractivity contribution in [1.29, 1.82) is 0 Å². The molecule has 0 aromatic carbocycles. The van der Waals surface area contributed by atoms with Gasteiger partial charge >= 0.3 is 29.6 Å². The predicted octanol–water partition coefficient (Wildman–Crippen LogP) is -5.60. The minimum atomic E-state index is -5.12. The summed E-state index contributed by atoms with van der Waals surface area (Å²) in [6.07, 6.45) is 0. The summed E-state index contributed by atoms with van der Waals surface area (Å²) in [7, 11) is -10.2. The molecule has 4 N–H and O–H groups in total. The van der Waals surface area contributed by atoms with Gasteiger partial charge < -0.3 is 10.2 Å². The quantitative estimate of drug-likeness (QED) is 0.284. The Morgan fingerprint density at radius 2 is 0.923 bits per heavy atom. The molecule has 8 nitrogen and oxygen atoms in total. The number of rotatable bonds is 3. The molecule has 0 fully saturated rings. The largest absolute Gasteiger partial charge is 1.00 e. The first-order valence-electron chi connectivity index (χ1n) is 2.35. The molecule has 2 atom stereocenters. The Hall–Kier alpha value is 0.740. The zero-order valence-electron chi connectivity index (χ0n) is 6.39. The van der Waals surface area contributed by atoms with Gasteiger partial charge in [0.25, 0.3) is 20.2 Å². The summed E-state index contributed by atoms with van der Waals surface area (Å²) in [6.45, 7) is 0. The fourth-order valence-electron chi connectivity index (χ4n) is 0.294. The first-order chi connectivity index (χ1) is 5.07. The topological polar surface area (TPSA) is 149 Å². The van der Waals surface area contributed by atoms with Crippen molar-refractivity contribution in [2.24, 2.45) is 0 Å². The number of aliphatic hydroxyl groups excluding tert-OH is 2. The third kappa shape index (κ3) is 5.24. The van der Waals surface area contributed by atoms with Crippen LogP contribution in [0.5, 0.6) is 0 Å². The van der Waals surface area contributed by atoms with Gasteiger partial charge in [-0.15, -0.1) is 0 Å². The molecule has 0 rings (SSSR count). The van der Waals surface area contributed by atoms with Crippen LogP contribution in [-0.4, -0.2) is 47.0 Å². The van der Waals surface area contributed by atoms with Gasteiger partial charge in [-0.3, -0.25) is 9.11 Å². The molecule has 74 valence electrons. The van der Waals surface area contributed by atoms with Crippen LogP contribution in [0.15, 0.2) is 0 Å². The molecule has 11 heteroatoms. The Kier molecular flexibility index (Phi) is 6.22. The van der Waals surface area contributed by atoms with E-state index in [1.54, 1.807) is 0 Å². The molecule has 0 amide bonds. The van der Waals surface area contributed by atoms with Gasteiger partial charge in [-0.1, -0.05) is 0 Å². The molecular formula is C2H6NaO8S2+. The second-order valence-corrected chi connectivity index (χ2v) is 4.84. The van der Waals surface area contributed by atoms with Crippen molar-refractivity contribution in [2.45, 2.75) is 10.9 Å². The van der Waals surface area contributed by atoms with Gasteiger partial charge in [0.2, 0.25) is 10.9 Å². The first kappa shape index (κ1) is 16.2. The zero-order chi connectivity index (χ0) is 10.2. The Bertz CT molecular complexity index is 304. The van der Waals surface area contributed by atoms with Gasteiger partial charge in [0.05, 0.1) is 0 Å². The predicted molar refractivity (Wildman–Crippen MR) is 35.1 cm³/mol. The fraction of sp³-hybridized carbons (Fsp3) is 1.00. The second-order valence-electron chi connectivity index (χ2n) is 1.81. The van der Waals surface area contributed by atoms with E-state index >= 15 is 0 Å². The van der Waals surface area contributed by atoms with Crippen LogP contribution in [0.2, 0.25) is 0 Å². The molecule has 0 saturated heterocycles. The zero-order valence-corrected chi connectivity index (χ0v) is 10.0. The van der Waals surface area contributed by atoms with Crippen molar-refractivity contribution < 1.29 is 65.7 Å². The van der Waals surface area contributed by atoms with Crippen molar-refractivity contribution >= 4 is 20.2 Å². The Morgan fingerprint density at radius 3 is 1.00 bits per heavy atom. The third-order valence-corrected chi connectivity index (χ3v) is 2.76. The van der Waals surface area contributed by atoms with Crippen LogP contribution >= 0.6 is 0 Å². The molecule has 13 heavy (non-hydrogen) atoms. The van der Waals surface area contributed by atoms with Crippen LogP contribution < -0.4 is 29.6 Å². The van der Waals surface area contributed by atoms with E-state index < -0.39 is 31.1 Å². The maximum absolute atomic E-state index is 9.99. The normalized spacial score (nSPS) is 17.2. The van der Waals surface area contributed by atoms with Crippen LogP contribution in [-0.2, 0) is 20.2 Å². The summed E-state index contributed by atoms with van der Waals surface area (Å²) in [5.74, 6) is 0. The average Bonchev–Trinajstić information content (AvgIpc) is 1.80. The molecule has 0 spiro atoms. The van der Waals surface area contributed by atoms with E-state index in [-0.39, 0.29) is 29.6 Å². The fourth-order valence-corrected chi connectivity index (χ4v) is 1.73. The van der Waals surface area contributed by atoms with Gasteiger partial charge in [0.15, 0.2) is 0 Å². The molecule has 0 aromatic heterocycles. The number of aliphatic hydroxyl groups is 2. The maximum atomic E-state index is 9.99.